The zero-order valence-electron chi connectivity index (χ0n) is 16.8. The maximum absolute atomic E-state index is 13.0. The van der Waals surface area contributed by atoms with Gasteiger partial charge in [0.25, 0.3) is 5.91 Å². The van der Waals surface area contributed by atoms with Crippen LogP contribution in [0, 0.1) is 0 Å². The molecule has 0 unspecified atom stereocenters. The Morgan fingerprint density at radius 2 is 1.69 bits per heavy atom. The number of thioether (sulfide) groups is 1. The SMILES string of the molecule is COc1ccc(OC)c([C@H](C)NC(=O)c2ccccc2SCc2ccccc2)c1. The maximum Gasteiger partial charge on any atom is 0.252 e. The molecule has 3 aromatic carbocycles. The highest BCUT2D eigenvalue weighted by atomic mass is 32.2. The van der Waals surface area contributed by atoms with E-state index in [1.807, 2.05) is 67.6 Å². The van der Waals surface area contributed by atoms with E-state index in [4.69, 9.17) is 9.47 Å². The minimum Gasteiger partial charge on any atom is -0.497 e. The van der Waals surface area contributed by atoms with Gasteiger partial charge in [0.2, 0.25) is 0 Å². The van der Waals surface area contributed by atoms with Crippen LogP contribution in [0.25, 0.3) is 0 Å². The number of hydrogen-bond donors (Lipinski definition) is 1. The first-order valence-electron chi connectivity index (χ1n) is 9.41. The van der Waals surface area contributed by atoms with Crippen LogP contribution in [0.15, 0.2) is 77.7 Å². The fourth-order valence-electron chi connectivity index (χ4n) is 3.05. The van der Waals surface area contributed by atoms with Crippen molar-refractivity contribution in [1.29, 1.82) is 0 Å². The number of amides is 1. The predicted octanol–water partition coefficient (Wildman–Crippen LogP) is 5.49. The van der Waals surface area contributed by atoms with Gasteiger partial charge in [0, 0.05) is 16.2 Å². The fraction of sp³-hybridized carbons (Fsp3) is 0.208. The largest absolute Gasteiger partial charge is 0.497 e. The molecule has 1 N–H and O–H groups in total. The third kappa shape index (κ3) is 5.33. The van der Waals surface area contributed by atoms with E-state index in [0.717, 1.165) is 22.0 Å². The summed E-state index contributed by atoms with van der Waals surface area (Å²) in [5.74, 6) is 2.13. The second kappa shape index (κ2) is 10.0. The molecular formula is C24H25NO3S. The number of carbonyl (C=O) groups excluding carboxylic acids is 1. The summed E-state index contributed by atoms with van der Waals surface area (Å²) in [4.78, 5) is 14.0. The molecule has 0 aliphatic carbocycles. The van der Waals surface area contributed by atoms with Crippen LogP contribution >= 0.6 is 11.8 Å². The highest BCUT2D eigenvalue weighted by Crippen LogP contribution is 2.30. The van der Waals surface area contributed by atoms with Crippen LogP contribution < -0.4 is 14.8 Å². The number of carbonyl (C=O) groups is 1. The van der Waals surface area contributed by atoms with E-state index in [-0.39, 0.29) is 11.9 Å². The quantitative estimate of drug-likeness (QED) is 0.502. The van der Waals surface area contributed by atoms with Crippen molar-refractivity contribution >= 4 is 17.7 Å². The summed E-state index contributed by atoms with van der Waals surface area (Å²) in [6.07, 6.45) is 0. The fourth-order valence-corrected chi connectivity index (χ4v) is 4.05. The van der Waals surface area contributed by atoms with Gasteiger partial charge < -0.3 is 14.8 Å². The van der Waals surface area contributed by atoms with Crippen molar-refractivity contribution in [2.75, 3.05) is 14.2 Å². The van der Waals surface area contributed by atoms with Gasteiger partial charge in [0.1, 0.15) is 11.5 Å². The molecule has 0 saturated heterocycles. The highest BCUT2D eigenvalue weighted by Gasteiger charge is 2.18. The summed E-state index contributed by atoms with van der Waals surface area (Å²) in [7, 11) is 3.24. The van der Waals surface area contributed by atoms with Gasteiger partial charge in [-0.2, -0.15) is 0 Å². The molecule has 3 rings (SSSR count). The number of benzene rings is 3. The van der Waals surface area contributed by atoms with Crippen LogP contribution in [0.4, 0.5) is 0 Å². The first-order chi connectivity index (χ1) is 14.1. The second-order valence-corrected chi connectivity index (χ2v) is 7.59. The van der Waals surface area contributed by atoms with Gasteiger partial charge in [-0.15, -0.1) is 11.8 Å². The Morgan fingerprint density at radius 1 is 0.966 bits per heavy atom. The topological polar surface area (TPSA) is 47.6 Å². The van der Waals surface area contributed by atoms with E-state index in [1.165, 1.54) is 5.56 Å². The van der Waals surface area contributed by atoms with E-state index >= 15 is 0 Å². The number of rotatable bonds is 8. The first kappa shape index (κ1) is 20.8. The van der Waals surface area contributed by atoms with Crippen LogP contribution in [0.3, 0.4) is 0 Å². The lowest BCUT2D eigenvalue weighted by atomic mass is 10.1. The van der Waals surface area contributed by atoms with Crippen LogP contribution in [0.2, 0.25) is 0 Å². The van der Waals surface area contributed by atoms with Crippen molar-refractivity contribution in [3.8, 4) is 11.5 Å². The normalized spacial score (nSPS) is 11.6. The molecule has 1 amide bonds. The third-order valence-electron chi connectivity index (χ3n) is 4.62. The van der Waals surface area contributed by atoms with Gasteiger partial charge in [-0.25, -0.2) is 0 Å². The molecule has 1 atom stereocenters. The number of ether oxygens (including phenoxy) is 2. The van der Waals surface area contributed by atoms with E-state index in [9.17, 15) is 4.79 Å². The average Bonchev–Trinajstić information content (AvgIpc) is 2.78. The van der Waals surface area contributed by atoms with Crippen molar-refractivity contribution in [3.05, 3.63) is 89.5 Å². The lowest BCUT2D eigenvalue weighted by Crippen LogP contribution is -2.27. The molecule has 0 aromatic heterocycles. The molecule has 0 saturated carbocycles. The van der Waals surface area contributed by atoms with E-state index in [2.05, 4.69) is 17.4 Å². The van der Waals surface area contributed by atoms with E-state index < -0.39 is 0 Å². The molecule has 0 aliphatic heterocycles. The summed E-state index contributed by atoms with van der Waals surface area (Å²) in [5.41, 5.74) is 2.76. The van der Waals surface area contributed by atoms with Crippen LogP contribution in [-0.2, 0) is 5.75 Å². The predicted molar refractivity (Wildman–Crippen MR) is 118 cm³/mol. The molecule has 0 fully saturated rings. The Kier molecular flexibility index (Phi) is 7.19. The Labute approximate surface area is 176 Å². The van der Waals surface area contributed by atoms with E-state index in [0.29, 0.717) is 11.3 Å². The molecule has 0 heterocycles. The molecule has 3 aromatic rings. The zero-order valence-corrected chi connectivity index (χ0v) is 17.7. The second-order valence-electron chi connectivity index (χ2n) is 6.57. The van der Waals surface area contributed by atoms with Gasteiger partial charge >= 0.3 is 0 Å². The van der Waals surface area contributed by atoms with Crippen molar-refractivity contribution in [2.24, 2.45) is 0 Å². The zero-order chi connectivity index (χ0) is 20.6. The average molecular weight is 408 g/mol. The Hall–Kier alpha value is -2.92. The summed E-state index contributed by atoms with van der Waals surface area (Å²) < 4.78 is 10.8. The number of nitrogens with one attached hydrogen (secondary N) is 1. The van der Waals surface area contributed by atoms with Crippen LogP contribution in [0.5, 0.6) is 11.5 Å². The van der Waals surface area contributed by atoms with Crippen molar-refractivity contribution in [1.82, 2.24) is 5.32 Å². The smallest absolute Gasteiger partial charge is 0.252 e. The molecule has 5 heteroatoms. The summed E-state index contributed by atoms with van der Waals surface area (Å²) in [6, 6.07) is 23.3. The minimum absolute atomic E-state index is 0.112. The van der Waals surface area contributed by atoms with Gasteiger partial charge in [0.05, 0.1) is 25.8 Å². The molecule has 0 bridgehead atoms. The monoisotopic (exact) mass is 407 g/mol. The van der Waals surface area contributed by atoms with Crippen LogP contribution in [0.1, 0.15) is 34.5 Å². The lowest BCUT2D eigenvalue weighted by molar-refractivity contribution is 0.0936. The van der Waals surface area contributed by atoms with Gasteiger partial charge in [-0.3, -0.25) is 4.79 Å². The lowest BCUT2D eigenvalue weighted by Gasteiger charge is -2.19. The summed E-state index contributed by atoms with van der Waals surface area (Å²) >= 11 is 1.66. The van der Waals surface area contributed by atoms with Crippen molar-refractivity contribution < 1.29 is 14.3 Å². The molecule has 4 nitrogen and oxygen atoms in total. The van der Waals surface area contributed by atoms with Gasteiger partial charge in [-0.05, 0) is 42.8 Å². The highest BCUT2D eigenvalue weighted by molar-refractivity contribution is 7.98. The third-order valence-corrected chi connectivity index (χ3v) is 5.76. The Balaban J connectivity index is 1.76. The molecule has 0 spiro atoms. The Morgan fingerprint density at radius 3 is 2.41 bits per heavy atom. The van der Waals surface area contributed by atoms with E-state index in [1.54, 1.807) is 26.0 Å². The standard InChI is InChI=1S/C24H25NO3S/c1-17(21-15-19(27-2)13-14-22(21)28-3)25-24(26)20-11-7-8-12-23(20)29-16-18-9-5-4-6-10-18/h4-15,17H,16H2,1-3H3,(H,25,26)/t17-/m0/s1. The van der Waals surface area contributed by atoms with Crippen LogP contribution in [-0.4, -0.2) is 20.1 Å². The molecule has 0 aliphatic rings. The molecule has 0 radical (unpaired) electrons. The number of methoxy groups -OCH3 is 2. The van der Waals surface area contributed by atoms with Gasteiger partial charge in [0.15, 0.2) is 0 Å². The maximum atomic E-state index is 13.0. The number of hydrogen-bond acceptors (Lipinski definition) is 4. The molecular weight excluding hydrogens is 382 g/mol. The van der Waals surface area contributed by atoms with Crippen molar-refractivity contribution in [3.63, 3.8) is 0 Å². The minimum atomic E-state index is -0.236. The summed E-state index contributed by atoms with van der Waals surface area (Å²) in [5, 5.41) is 3.09. The Bertz CT molecular complexity index is 959. The molecule has 150 valence electrons. The first-order valence-corrected chi connectivity index (χ1v) is 10.4. The summed E-state index contributed by atoms with van der Waals surface area (Å²) in [6.45, 7) is 1.94. The molecule has 29 heavy (non-hydrogen) atoms. The van der Waals surface area contributed by atoms with Crippen molar-refractivity contribution in [2.45, 2.75) is 23.6 Å². The van der Waals surface area contributed by atoms with Gasteiger partial charge in [-0.1, -0.05) is 42.5 Å².